The summed E-state index contributed by atoms with van der Waals surface area (Å²) in [4.78, 5) is 12.5. The maximum absolute atomic E-state index is 12.5. The van der Waals surface area contributed by atoms with E-state index >= 15 is 0 Å². The van der Waals surface area contributed by atoms with Gasteiger partial charge in [0, 0.05) is 17.1 Å². The van der Waals surface area contributed by atoms with Crippen LogP contribution in [0, 0.1) is 13.8 Å². The van der Waals surface area contributed by atoms with Crippen molar-refractivity contribution in [1.29, 1.82) is 0 Å². The second-order valence-corrected chi connectivity index (χ2v) is 10.6. The standard InChI is InChI=1S/C31H34ClN3O5/c1-7-37-28-17-22(16-26(32)29(28)40-31(4,5)6)18-33-34-30(36)27-15-14-25(39-27)19-38-24-12-10-23(11-13-24)35-20(2)8-9-21(35)3/h8-18H,7,19H2,1-6H3,(H,34,36)/b33-18+. The number of aryl methyl sites for hydroxylation is 2. The Labute approximate surface area is 239 Å². The van der Waals surface area contributed by atoms with Gasteiger partial charge in [0.1, 0.15) is 23.7 Å². The van der Waals surface area contributed by atoms with Crippen LogP contribution >= 0.6 is 11.6 Å². The molecule has 0 saturated heterocycles. The van der Waals surface area contributed by atoms with Crippen molar-refractivity contribution in [3.63, 3.8) is 0 Å². The number of benzene rings is 2. The molecule has 0 spiro atoms. The molecule has 0 radical (unpaired) electrons. The molecule has 2 aromatic heterocycles. The largest absolute Gasteiger partial charge is 0.490 e. The molecule has 0 unspecified atom stereocenters. The highest BCUT2D eigenvalue weighted by Crippen LogP contribution is 2.38. The van der Waals surface area contributed by atoms with Crippen molar-refractivity contribution < 1.29 is 23.4 Å². The summed E-state index contributed by atoms with van der Waals surface area (Å²) in [7, 11) is 0. The molecule has 0 fully saturated rings. The molecule has 210 valence electrons. The molecule has 0 saturated carbocycles. The van der Waals surface area contributed by atoms with Crippen LogP contribution in [0.25, 0.3) is 5.69 Å². The number of furan rings is 1. The van der Waals surface area contributed by atoms with Crippen molar-refractivity contribution in [3.8, 4) is 22.9 Å². The molecule has 40 heavy (non-hydrogen) atoms. The van der Waals surface area contributed by atoms with Gasteiger partial charge in [0.2, 0.25) is 0 Å². The van der Waals surface area contributed by atoms with Crippen LogP contribution in [0.4, 0.5) is 0 Å². The predicted octanol–water partition coefficient (Wildman–Crippen LogP) is 7.26. The Bertz CT molecular complexity index is 1480. The fraction of sp³-hybridized carbons (Fsp3) is 0.290. The van der Waals surface area contributed by atoms with E-state index in [9.17, 15) is 4.79 Å². The number of carbonyl (C=O) groups is 1. The summed E-state index contributed by atoms with van der Waals surface area (Å²) in [5.74, 6) is 1.79. The maximum Gasteiger partial charge on any atom is 0.307 e. The molecule has 4 aromatic rings. The van der Waals surface area contributed by atoms with Gasteiger partial charge in [0.05, 0.1) is 17.8 Å². The average Bonchev–Trinajstić information content (AvgIpc) is 3.51. The van der Waals surface area contributed by atoms with Crippen molar-refractivity contribution in [1.82, 2.24) is 9.99 Å². The highest BCUT2D eigenvalue weighted by molar-refractivity contribution is 6.32. The fourth-order valence-corrected chi connectivity index (χ4v) is 4.31. The van der Waals surface area contributed by atoms with Crippen molar-refractivity contribution in [2.24, 2.45) is 5.10 Å². The zero-order chi connectivity index (χ0) is 28.9. The molecule has 1 amide bonds. The van der Waals surface area contributed by atoms with Crippen LogP contribution in [0.1, 0.15) is 61.0 Å². The minimum Gasteiger partial charge on any atom is -0.490 e. The van der Waals surface area contributed by atoms with Gasteiger partial charge in [-0.2, -0.15) is 5.10 Å². The smallest absolute Gasteiger partial charge is 0.307 e. The lowest BCUT2D eigenvalue weighted by Gasteiger charge is -2.24. The lowest BCUT2D eigenvalue weighted by molar-refractivity contribution is 0.0923. The van der Waals surface area contributed by atoms with E-state index in [1.807, 2.05) is 52.0 Å². The van der Waals surface area contributed by atoms with E-state index in [0.29, 0.717) is 40.2 Å². The van der Waals surface area contributed by atoms with Gasteiger partial charge in [-0.15, -0.1) is 0 Å². The molecule has 0 bridgehead atoms. The molecule has 1 N–H and O–H groups in total. The SMILES string of the molecule is CCOc1cc(/C=N/NC(=O)c2ccc(COc3ccc(-n4c(C)ccc4C)cc3)o2)cc(Cl)c1OC(C)(C)C. The molecule has 0 aliphatic heterocycles. The number of amides is 1. The first-order valence-electron chi connectivity index (χ1n) is 13.0. The van der Waals surface area contributed by atoms with Crippen LogP contribution in [0.15, 0.2) is 70.2 Å². The lowest BCUT2D eigenvalue weighted by atomic mass is 10.1. The Hall–Kier alpha value is -4.17. The third kappa shape index (κ3) is 7.27. The first kappa shape index (κ1) is 28.8. The normalized spacial score (nSPS) is 11.6. The van der Waals surface area contributed by atoms with E-state index in [4.69, 9.17) is 30.2 Å². The van der Waals surface area contributed by atoms with Gasteiger partial charge in [-0.05, 0) is 108 Å². The van der Waals surface area contributed by atoms with E-state index in [2.05, 4.69) is 41.1 Å². The van der Waals surface area contributed by atoms with E-state index in [0.717, 1.165) is 5.69 Å². The molecule has 4 rings (SSSR count). The minimum absolute atomic E-state index is 0.117. The Morgan fingerprint density at radius 1 is 1.02 bits per heavy atom. The Kier molecular flexibility index (Phi) is 8.90. The van der Waals surface area contributed by atoms with Crippen LogP contribution < -0.4 is 19.6 Å². The monoisotopic (exact) mass is 563 g/mol. The topological polar surface area (TPSA) is 87.2 Å². The lowest BCUT2D eigenvalue weighted by Crippen LogP contribution is -2.23. The molecule has 2 heterocycles. The summed E-state index contributed by atoms with van der Waals surface area (Å²) in [6.07, 6.45) is 1.47. The van der Waals surface area contributed by atoms with E-state index in [-0.39, 0.29) is 12.4 Å². The molecular weight excluding hydrogens is 530 g/mol. The molecule has 0 atom stereocenters. The Balaban J connectivity index is 1.34. The molecule has 0 aliphatic rings. The Morgan fingerprint density at radius 3 is 2.38 bits per heavy atom. The predicted molar refractivity (Wildman–Crippen MR) is 156 cm³/mol. The van der Waals surface area contributed by atoms with E-state index < -0.39 is 11.5 Å². The minimum atomic E-state index is -0.492. The summed E-state index contributed by atoms with van der Waals surface area (Å²) < 4.78 is 25.3. The van der Waals surface area contributed by atoms with E-state index in [1.165, 1.54) is 17.6 Å². The van der Waals surface area contributed by atoms with Crippen molar-refractivity contribution in [2.45, 2.75) is 53.8 Å². The van der Waals surface area contributed by atoms with Gasteiger partial charge in [-0.1, -0.05) is 11.6 Å². The van der Waals surface area contributed by atoms with Gasteiger partial charge in [0.25, 0.3) is 0 Å². The van der Waals surface area contributed by atoms with Gasteiger partial charge in [-0.3, -0.25) is 4.79 Å². The third-order valence-electron chi connectivity index (χ3n) is 5.75. The zero-order valence-electron chi connectivity index (χ0n) is 23.6. The second-order valence-electron chi connectivity index (χ2n) is 10.2. The fourth-order valence-electron chi connectivity index (χ4n) is 4.05. The number of aromatic nitrogens is 1. The molecule has 0 aliphatic carbocycles. The number of hydrazone groups is 1. The number of carbonyl (C=O) groups excluding carboxylic acids is 1. The van der Waals surface area contributed by atoms with Gasteiger partial charge in [0.15, 0.2) is 17.3 Å². The number of hydrogen-bond acceptors (Lipinski definition) is 6. The summed E-state index contributed by atoms with van der Waals surface area (Å²) in [6.45, 7) is 12.4. The first-order valence-corrected chi connectivity index (χ1v) is 13.4. The number of nitrogens with zero attached hydrogens (tertiary/aromatic N) is 2. The highest BCUT2D eigenvalue weighted by Gasteiger charge is 2.19. The van der Waals surface area contributed by atoms with Crippen LogP contribution in [-0.4, -0.2) is 28.9 Å². The van der Waals surface area contributed by atoms with Crippen molar-refractivity contribution >= 4 is 23.7 Å². The third-order valence-corrected chi connectivity index (χ3v) is 6.03. The summed E-state index contributed by atoms with van der Waals surface area (Å²) in [6, 6.07) is 18.7. The quantitative estimate of drug-likeness (QED) is 0.162. The number of halogens is 1. The van der Waals surface area contributed by atoms with Gasteiger partial charge < -0.3 is 23.2 Å². The number of rotatable bonds is 10. The molecular formula is C31H34ClN3O5. The molecule has 8 nitrogen and oxygen atoms in total. The first-order chi connectivity index (χ1) is 19.0. The van der Waals surface area contributed by atoms with Crippen LogP contribution in [0.5, 0.6) is 17.2 Å². The number of ether oxygens (including phenoxy) is 3. The summed E-state index contributed by atoms with van der Waals surface area (Å²) >= 11 is 6.45. The average molecular weight is 564 g/mol. The molecule has 9 heteroatoms. The van der Waals surface area contributed by atoms with Crippen LogP contribution in [-0.2, 0) is 6.61 Å². The number of hydrogen-bond donors (Lipinski definition) is 1. The molecule has 2 aromatic carbocycles. The highest BCUT2D eigenvalue weighted by atomic mass is 35.5. The number of nitrogens with one attached hydrogen (secondary N) is 1. The van der Waals surface area contributed by atoms with Crippen LogP contribution in [0.2, 0.25) is 5.02 Å². The maximum atomic E-state index is 12.5. The summed E-state index contributed by atoms with van der Waals surface area (Å²) in [5.41, 5.74) is 6.05. The zero-order valence-corrected chi connectivity index (χ0v) is 24.3. The second kappa shape index (κ2) is 12.3. The van der Waals surface area contributed by atoms with Gasteiger partial charge in [-0.25, -0.2) is 5.43 Å². The summed E-state index contributed by atoms with van der Waals surface area (Å²) in [5, 5.41) is 4.42. The Morgan fingerprint density at radius 2 is 1.73 bits per heavy atom. The van der Waals surface area contributed by atoms with Crippen molar-refractivity contribution in [3.05, 3.63) is 94.2 Å². The van der Waals surface area contributed by atoms with Gasteiger partial charge >= 0.3 is 5.91 Å². The van der Waals surface area contributed by atoms with E-state index in [1.54, 1.807) is 24.3 Å². The van der Waals surface area contributed by atoms with Crippen LogP contribution in [0.3, 0.4) is 0 Å². The van der Waals surface area contributed by atoms with Crippen molar-refractivity contribution in [2.75, 3.05) is 6.61 Å².